The summed E-state index contributed by atoms with van der Waals surface area (Å²) >= 11 is 6.00. The maximum atomic E-state index is 13.2. The minimum absolute atomic E-state index is 0.124. The van der Waals surface area contributed by atoms with Crippen molar-refractivity contribution in [2.75, 3.05) is 26.2 Å². The fraction of sp³-hybridized carbons (Fsp3) is 0.600. The molecule has 3 saturated heterocycles. The van der Waals surface area contributed by atoms with Crippen molar-refractivity contribution in [1.29, 1.82) is 0 Å². The lowest BCUT2D eigenvalue weighted by Gasteiger charge is -2.36. The van der Waals surface area contributed by atoms with E-state index in [1.54, 1.807) is 4.90 Å². The van der Waals surface area contributed by atoms with Gasteiger partial charge in [0.2, 0.25) is 5.91 Å². The number of fused-ring (bicyclic) bond motifs is 2. The molecule has 2 atom stereocenters. The highest BCUT2D eigenvalue weighted by atomic mass is 35.5. The van der Waals surface area contributed by atoms with Crippen LogP contribution in [0.25, 0.3) is 0 Å². The molecule has 0 aromatic heterocycles. The average molecular weight is 394 g/mol. The standard InChI is InChI=1S/C20H25ClFN3O2/c21-18-12-14(22)1-4-17(18)20(27)25-7-5-24(6-8-25)19(26)11-13-9-15-2-3-16(10-13)23-15/h1,4,12-13,15-16,23H,2-3,5-11H2. The lowest BCUT2D eigenvalue weighted by atomic mass is 9.89. The molecule has 146 valence electrons. The number of piperazine rings is 1. The second-order valence-electron chi connectivity index (χ2n) is 7.98. The average Bonchev–Trinajstić information content (AvgIpc) is 2.99. The number of nitrogens with one attached hydrogen (secondary N) is 1. The van der Waals surface area contributed by atoms with Gasteiger partial charge in [-0.25, -0.2) is 4.39 Å². The molecule has 0 radical (unpaired) electrons. The third-order valence-electron chi connectivity index (χ3n) is 6.12. The number of carbonyl (C=O) groups excluding carboxylic acids is 2. The molecular weight excluding hydrogens is 369 g/mol. The van der Waals surface area contributed by atoms with Crippen LogP contribution in [0.2, 0.25) is 5.02 Å². The van der Waals surface area contributed by atoms with Crippen molar-refractivity contribution in [1.82, 2.24) is 15.1 Å². The topological polar surface area (TPSA) is 52.7 Å². The monoisotopic (exact) mass is 393 g/mol. The first-order chi connectivity index (χ1) is 13.0. The number of rotatable bonds is 3. The first-order valence-electron chi connectivity index (χ1n) is 9.78. The summed E-state index contributed by atoms with van der Waals surface area (Å²) in [5, 5.41) is 3.74. The van der Waals surface area contributed by atoms with Crippen LogP contribution in [0.5, 0.6) is 0 Å². The van der Waals surface area contributed by atoms with E-state index in [0.717, 1.165) is 18.9 Å². The van der Waals surface area contributed by atoms with Gasteiger partial charge < -0.3 is 15.1 Å². The van der Waals surface area contributed by atoms with Gasteiger partial charge in [0.15, 0.2) is 0 Å². The quantitative estimate of drug-likeness (QED) is 0.859. The first kappa shape index (κ1) is 18.7. The van der Waals surface area contributed by atoms with Gasteiger partial charge >= 0.3 is 0 Å². The summed E-state index contributed by atoms with van der Waals surface area (Å²) < 4.78 is 13.2. The highest BCUT2D eigenvalue weighted by molar-refractivity contribution is 6.33. The van der Waals surface area contributed by atoms with E-state index in [1.807, 2.05) is 4.90 Å². The van der Waals surface area contributed by atoms with Gasteiger partial charge in [0.1, 0.15) is 5.82 Å². The van der Waals surface area contributed by atoms with Crippen molar-refractivity contribution in [3.63, 3.8) is 0 Å². The zero-order valence-corrected chi connectivity index (χ0v) is 16.1. The van der Waals surface area contributed by atoms with E-state index in [1.165, 1.54) is 25.0 Å². The number of hydrogen-bond donors (Lipinski definition) is 1. The van der Waals surface area contributed by atoms with Crippen molar-refractivity contribution in [2.45, 2.75) is 44.2 Å². The molecular formula is C20H25ClFN3O2. The summed E-state index contributed by atoms with van der Waals surface area (Å²) in [7, 11) is 0. The molecule has 1 aromatic rings. The second-order valence-corrected chi connectivity index (χ2v) is 8.38. The van der Waals surface area contributed by atoms with Crippen molar-refractivity contribution in [3.8, 4) is 0 Å². The number of halogens is 2. The lowest BCUT2D eigenvalue weighted by Crippen LogP contribution is -2.51. The van der Waals surface area contributed by atoms with Crippen LogP contribution < -0.4 is 5.32 Å². The Labute approximate surface area is 163 Å². The summed E-state index contributed by atoms with van der Waals surface area (Å²) in [6, 6.07) is 5.00. The summed E-state index contributed by atoms with van der Waals surface area (Å²) in [6.45, 7) is 2.05. The van der Waals surface area contributed by atoms with Crippen LogP contribution in [0.15, 0.2) is 18.2 Å². The number of carbonyl (C=O) groups is 2. The zero-order chi connectivity index (χ0) is 19.0. The molecule has 7 heteroatoms. The minimum Gasteiger partial charge on any atom is -0.339 e. The van der Waals surface area contributed by atoms with E-state index in [2.05, 4.69) is 5.32 Å². The van der Waals surface area contributed by atoms with Gasteiger partial charge in [-0.3, -0.25) is 9.59 Å². The second kappa shape index (κ2) is 7.76. The molecule has 0 aliphatic carbocycles. The Morgan fingerprint density at radius 2 is 1.70 bits per heavy atom. The largest absolute Gasteiger partial charge is 0.339 e. The third kappa shape index (κ3) is 4.11. The SMILES string of the molecule is O=C(CC1CC2CCC(C1)N2)N1CCN(C(=O)c2ccc(F)cc2Cl)CC1. The Kier molecular flexibility index (Phi) is 5.37. The number of benzene rings is 1. The molecule has 3 fully saturated rings. The highest BCUT2D eigenvalue weighted by Gasteiger charge is 2.35. The van der Waals surface area contributed by atoms with E-state index in [9.17, 15) is 14.0 Å². The molecule has 2 bridgehead atoms. The van der Waals surface area contributed by atoms with Gasteiger partial charge in [0.25, 0.3) is 5.91 Å². The summed E-state index contributed by atoms with van der Waals surface area (Å²) in [6.07, 6.45) is 5.30. The fourth-order valence-corrected chi connectivity index (χ4v) is 4.96. The fourth-order valence-electron chi connectivity index (χ4n) is 4.71. The maximum Gasteiger partial charge on any atom is 0.255 e. The van der Waals surface area contributed by atoms with Gasteiger partial charge in [-0.1, -0.05) is 11.6 Å². The maximum absolute atomic E-state index is 13.2. The third-order valence-corrected chi connectivity index (χ3v) is 6.43. The van der Waals surface area contributed by atoms with Gasteiger partial charge in [0, 0.05) is 44.7 Å². The lowest BCUT2D eigenvalue weighted by molar-refractivity contribution is -0.134. The number of hydrogen-bond acceptors (Lipinski definition) is 3. The normalized spacial score (nSPS) is 27.7. The van der Waals surface area contributed by atoms with Crippen LogP contribution in [0, 0.1) is 11.7 Å². The molecule has 3 heterocycles. The molecule has 2 unspecified atom stereocenters. The number of amides is 2. The predicted molar refractivity (Wildman–Crippen MR) is 101 cm³/mol. The molecule has 3 aliphatic rings. The highest BCUT2D eigenvalue weighted by Crippen LogP contribution is 2.33. The molecule has 1 N–H and O–H groups in total. The van der Waals surface area contributed by atoms with Gasteiger partial charge in [-0.05, 0) is 49.8 Å². The van der Waals surface area contributed by atoms with Crippen molar-refractivity contribution in [2.24, 2.45) is 5.92 Å². The summed E-state index contributed by atoms with van der Waals surface area (Å²) in [5.41, 5.74) is 0.308. The minimum atomic E-state index is -0.460. The predicted octanol–water partition coefficient (Wildman–Crippen LogP) is 2.68. The molecule has 27 heavy (non-hydrogen) atoms. The van der Waals surface area contributed by atoms with Gasteiger partial charge in [-0.15, -0.1) is 0 Å². The van der Waals surface area contributed by atoms with Crippen LogP contribution in [-0.4, -0.2) is 59.9 Å². The Morgan fingerprint density at radius 3 is 2.33 bits per heavy atom. The van der Waals surface area contributed by atoms with Gasteiger partial charge in [0.05, 0.1) is 10.6 Å². The van der Waals surface area contributed by atoms with Crippen LogP contribution in [0.3, 0.4) is 0 Å². The molecule has 4 rings (SSSR count). The summed E-state index contributed by atoms with van der Waals surface area (Å²) in [5.74, 6) is 0.0162. The van der Waals surface area contributed by atoms with E-state index in [4.69, 9.17) is 11.6 Å². The van der Waals surface area contributed by atoms with E-state index >= 15 is 0 Å². The smallest absolute Gasteiger partial charge is 0.255 e. The Morgan fingerprint density at radius 1 is 1.07 bits per heavy atom. The molecule has 0 saturated carbocycles. The van der Waals surface area contributed by atoms with Crippen LogP contribution in [0.4, 0.5) is 4.39 Å². The number of nitrogens with zero attached hydrogens (tertiary/aromatic N) is 2. The molecule has 3 aliphatic heterocycles. The van der Waals surface area contributed by atoms with Gasteiger partial charge in [-0.2, -0.15) is 0 Å². The first-order valence-corrected chi connectivity index (χ1v) is 10.2. The van der Waals surface area contributed by atoms with Crippen LogP contribution >= 0.6 is 11.6 Å². The van der Waals surface area contributed by atoms with Crippen LogP contribution in [-0.2, 0) is 4.79 Å². The van der Waals surface area contributed by atoms with E-state index in [0.29, 0.717) is 56.2 Å². The summed E-state index contributed by atoms with van der Waals surface area (Å²) in [4.78, 5) is 28.9. The molecule has 0 spiro atoms. The Balaban J connectivity index is 1.29. The molecule has 1 aromatic carbocycles. The van der Waals surface area contributed by atoms with Crippen molar-refractivity contribution >= 4 is 23.4 Å². The van der Waals surface area contributed by atoms with E-state index < -0.39 is 5.82 Å². The van der Waals surface area contributed by atoms with Crippen molar-refractivity contribution in [3.05, 3.63) is 34.6 Å². The zero-order valence-electron chi connectivity index (χ0n) is 15.3. The number of piperidine rings is 1. The van der Waals surface area contributed by atoms with Crippen LogP contribution in [0.1, 0.15) is 42.5 Å². The Bertz CT molecular complexity index is 724. The molecule has 2 amide bonds. The van der Waals surface area contributed by atoms with E-state index in [-0.39, 0.29) is 16.8 Å². The van der Waals surface area contributed by atoms with Crippen molar-refractivity contribution < 1.29 is 14.0 Å². The Hall–Kier alpha value is -1.66. The molecule has 5 nitrogen and oxygen atoms in total.